The van der Waals surface area contributed by atoms with E-state index in [1.807, 2.05) is 48.5 Å². The maximum Gasteiger partial charge on any atom is 0.0894 e. The summed E-state index contributed by atoms with van der Waals surface area (Å²) in [6.45, 7) is 0. The first-order valence-electron chi connectivity index (χ1n) is 6.62. The van der Waals surface area contributed by atoms with E-state index in [4.69, 9.17) is 0 Å². The van der Waals surface area contributed by atoms with Gasteiger partial charge in [-0.15, -0.1) is 17.0 Å². The molecule has 3 heteroatoms. The molecule has 0 saturated heterocycles. The van der Waals surface area contributed by atoms with Gasteiger partial charge in [0.05, 0.1) is 22.4 Å². The van der Waals surface area contributed by atoms with Crippen molar-refractivity contribution in [3.05, 3.63) is 72.8 Å². The molecule has 0 aliphatic rings. The van der Waals surface area contributed by atoms with Crippen LogP contribution in [0.15, 0.2) is 72.8 Å². The van der Waals surface area contributed by atoms with Crippen LogP contribution in [0.3, 0.4) is 0 Å². The van der Waals surface area contributed by atoms with E-state index in [9.17, 15) is 0 Å². The molecule has 0 bridgehead atoms. The van der Waals surface area contributed by atoms with Crippen molar-refractivity contribution in [3.63, 3.8) is 0 Å². The molecule has 2 heterocycles. The summed E-state index contributed by atoms with van der Waals surface area (Å²) in [7, 11) is 0. The summed E-state index contributed by atoms with van der Waals surface area (Å²) >= 11 is 0. The highest BCUT2D eigenvalue weighted by Gasteiger charge is 2.03. The molecule has 0 amide bonds. The summed E-state index contributed by atoms with van der Waals surface area (Å²) in [6.07, 6.45) is 0. The predicted molar refractivity (Wildman–Crippen MR) is 92.8 cm³/mol. The van der Waals surface area contributed by atoms with Gasteiger partial charge in [0.15, 0.2) is 0 Å². The van der Waals surface area contributed by atoms with Gasteiger partial charge in [-0.3, -0.25) is 0 Å². The van der Waals surface area contributed by atoms with Crippen LogP contribution in [-0.2, 0) is 0 Å². The summed E-state index contributed by atoms with van der Waals surface area (Å²) in [4.78, 5) is 9.38. The van der Waals surface area contributed by atoms with E-state index in [1.54, 1.807) is 0 Å². The molecular weight excluding hydrogens is 324 g/mol. The summed E-state index contributed by atoms with van der Waals surface area (Å²) in [5.41, 5.74) is 3.82. The van der Waals surface area contributed by atoms with Crippen LogP contribution in [0.1, 0.15) is 0 Å². The fraction of sp³-hybridized carbons (Fsp3) is 0. The molecule has 102 valence electrons. The van der Waals surface area contributed by atoms with Crippen molar-refractivity contribution in [2.24, 2.45) is 0 Å². The molecule has 0 N–H and O–H groups in total. The minimum absolute atomic E-state index is 0. The van der Waals surface area contributed by atoms with Crippen LogP contribution in [0.4, 0.5) is 0 Å². The summed E-state index contributed by atoms with van der Waals surface area (Å²) in [6, 6.07) is 24.5. The Bertz CT molecular complexity index is 841. The van der Waals surface area contributed by atoms with Gasteiger partial charge in [-0.25, -0.2) is 9.97 Å². The molecule has 0 atom stereocenters. The van der Waals surface area contributed by atoms with Gasteiger partial charge >= 0.3 is 0 Å². The Kier molecular flexibility index (Phi) is 3.67. The monoisotopic (exact) mass is 336 g/mol. The number of nitrogens with zero attached hydrogens (tertiary/aromatic N) is 2. The van der Waals surface area contributed by atoms with Crippen LogP contribution >= 0.6 is 17.0 Å². The van der Waals surface area contributed by atoms with Crippen molar-refractivity contribution in [1.29, 1.82) is 0 Å². The van der Waals surface area contributed by atoms with Crippen LogP contribution in [0.5, 0.6) is 0 Å². The zero-order chi connectivity index (χ0) is 13.4. The lowest BCUT2D eigenvalue weighted by Crippen LogP contribution is -1.89. The number of fused-ring (bicyclic) bond motifs is 2. The molecule has 0 unspecified atom stereocenters. The van der Waals surface area contributed by atoms with Crippen LogP contribution in [0.25, 0.3) is 33.2 Å². The van der Waals surface area contributed by atoms with Crippen molar-refractivity contribution < 1.29 is 0 Å². The van der Waals surface area contributed by atoms with E-state index in [-0.39, 0.29) is 17.0 Å². The first-order valence-corrected chi connectivity index (χ1v) is 6.62. The second-order valence-electron chi connectivity index (χ2n) is 4.78. The SMILES string of the molecule is Br.c1ccc2nc(-c3ccc4ccccc4n3)ccc2c1. The quantitative estimate of drug-likeness (QED) is 0.487. The lowest BCUT2D eigenvalue weighted by molar-refractivity contribution is 1.32. The Labute approximate surface area is 133 Å². The van der Waals surface area contributed by atoms with Gasteiger partial charge in [0.1, 0.15) is 0 Å². The normalized spacial score (nSPS) is 10.5. The maximum atomic E-state index is 4.69. The minimum atomic E-state index is 0. The van der Waals surface area contributed by atoms with Crippen molar-refractivity contribution in [3.8, 4) is 11.4 Å². The molecule has 2 aromatic heterocycles. The highest BCUT2D eigenvalue weighted by Crippen LogP contribution is 2.21. The molecule has 21 heavy (non-hydrogen) atoms. The van der Waals surface area contributed by atoms with Crippen molar-refractivity contribution in [2.75, 3.05) is 0 Å². The van der Waals surface area contributed by atoms with Crippen LogP contribution in [-0.4, -0.2) is 9.97 Å². The van der Waals surface area contributed by atoms with Crippen LogP contribution < -0.4 is 0 Å². The lowest BCUT2D eigenvalue weighted by atomic mass is 10.1. The third-order valence-electron chi connectivity index (χ3n) is 3.46. The number of hydrogen-bond acceptors (Lipinski definition) is 2. The smallest absolute Gasteiger partial charge is 0.0894 e. The van der Waals surface area contributed by atoms with E-state index in [2.05, 4.69) is 34.2 Å². The average molecular weight is 337 g/mol. The number of aromatic nitrogens is 2. The zero-order valence-electron chi connectivity index (χ0n) is 11.2. The van der Waals surface area contributed by atoms with Gasteiger partial charge in [-0.05, 0) is 24.3 Å². The molecule has 4 aromatic rings. The Morgan fingerprint density at radius 1 is 0.476 bits per heavy atom. The highest BCUT2D eigenvalue weighted by atomic mass is 79.9. The third kappa shape index (κ3) is 2.52. The van der Waals surface area contributed by atoms with E-state index >= 15 is 0 Å². The second-order valence-corrected chi connectivity index (χ2v) is 4.78. The highest BCUT2D eigenvalue weighted by molar-refractivity contribution is 8.93. The first kappa shape index (κ1) is 13.7. The van der Waals surface area contributed by atoms with Crippen molar-refractivity contribution in [2.45, 2.75) is 0 Å². The summed E-state index contributed by atoms with van der Waals surface area (Å²) < 4.78 is 0. The molecule has 2 aromatic carbocycles. The Hall–Kier alpha value is -2.26. The van der Waals surface area contributed by atoms with E-state index < -0.39 is 0 Å². The number of rotatable bonds is 1. The molecule has 0 aliphatic carbocycles. The predicted octanol–water partition coefficient (Wildman–Crippen LogP) is 5.03. The Morgan fingerprint density at radius 2 is 0.905 bits per heavy atom. The van der Waals surface area contributed by atoms with Gasteiger partial charge < -0.3 is 0 Å². The fourth-order valence-corrected chi connectivity index (χ4v) is 2.42. The maximum absolute atomic E-state index is 4.69. The topological polar surface area (TPSA) is 25.8 Å². The number of para-hydroxylation sites is 2. The summed E-state index contributed by atoms with van der Waals surface area (Å²) in [5.74, 6) is 0. The molecule has 0 aliphatic heterocycles. The van der Waals surface area contributed by atoms with Gasteiger partial charge in [-0.2, -0.15) is 0 Å². The minimum Gasteiger partial charge on any atom is -0.246 e. The van der Waals surface area contributed by atoms with Crippen LogP contribution in [0, 0.1) is 0 Å². The largest absolute Gasteiger partial charge is 0.246 e. The first-order chi connectivity index (χ1) is 9.90. The molecule has 0 saturated carbocycles. The number of benzene rings is 2. The Balaban J connectivity index is 0.00000132. The third-order valence-corrected chi connectivity index (χ3v) is 3.46. The second kappa shape index (κ2) is 5.62. The number of halogens is 1. The summed E-state index contributed by atoms with van der Waals surface area (Å²) in [5, 5.41) is 2.30. The van der Waals surface area contributed by atoms with Crippen LogP contribution in [0.2, 0.25) is 0 Å². The molecule has 0 spiro atoms. The molecular formula is C18H13BrN2. The number of hydrogen-bond donors (Lipinski definition) is 0. The van der Waals surface area contributed by atoms with Crippen molar-refractivity contribution in [1.82, 2.24) is 9.97 Å². The van der Waals surface area contributed by atoms with Gasteiger partial charge in [0, 0.05) is 10.8 Å². The number of pyridine rings is 2. The lowest BCUT2D eigenvalue weighted by Gasteiger charge is -2.04. The molecule has 0 fully saturated rings. The van der Waals surface area contributed by atoms with Gasteiger partial charge in [-0.1, -0.05) is 48.5 Å². The molecule has 4 rings (SSSR count). The van der Waals surface area contributed by atoms with Gasteiger partial charge in [0.25, 0.3) is 0 Å². The van der Waals surface area contributed by atoms with E-state index in [0.717, 1.165) is 33.2 Å². The van der Waals surface area contributed by atoms with E-state index in [0.29, 0.717) is 0 Å². The molecule has 2 nitrogen and oxygen atoms in total. The fourth-order valence-electron chi connectivity index (χ4n) is 2.42. The Morgan fingerprint density at radius 3 is 1.38 bits per heavy atom. The standard InChI is InChI=1S/C18H12N2.BrH/c1-3-7-15-13(5-1)9-11-17(19-15)18-12-10-14-6-2-4-8-16(14)20-18;/h1-12H;1H. The zero-order valence-corrected chi connectivity index (χ0v) is 12.9. The molecule has 0 radical (unpaired) electrons. The average Bonchev–Trinajstić information content (AvgIpc) is 2.54. The van der Waals surface area contributed by atoms with E-state index in [1.165, 1.54) is 0 Å². The van der Waals surface area contributed by atoms with Gasteiger partial charge in [0.2, 0.25) is 0 Å². The van der Waals surface area contributed by atoms with Crippen molar-refractivity contribution >= 4 is 38.8 Å².